The van der Waals surface area contributed by atoms with E-state index < -0.39 is 11.9 Å². The van der Waals surface area contributed by atoms with Gasteiger partial charge in [-0.05, 0) is 105 Å². The summed E-state index contributed by atoms with van der Waals surface area (Å²) in [4.78, 5) is 11.1. The van der Waals surface area contributed by atoms with Crippen molar-refractivity contribution in [1.29, 1.82) is 0 Å². The van der Waals surface area contributed by atoms with E-state index in [-0.39, 0.29) is 35.1 Å². The minimum atomic E-state index is -0.802. The van der Waals surface area contributed by atoms with Crippen LogP contribution in [0.3, 0.4) is 0 Å². The van der Waals surface area contributed by atoms with E-state index in [9.17, 15) is 20.1 Å². The van der Waals surface area contributed by atoms with Crippen LogP contribution < -0.4 is 0 Å². The molecule has 0 aromatic carbocycles. The molecule has 0 bridgehead atoms. The molecule has 4 rings (SSSR count). The average Bonchev–Trinajstić information content (AvgIpc) is 3.08. The van der Waals surface area contributed by atoms with Crippen molar-refractivity contribution in [3.05, 3.63) is 12.2 Å². The fourth-order valence-corrected chi connectivity index (χ4v) is 8.88. The van der Waals surface area contributed by atoms with Crippen molar-refractivity contribution in [2.24, 2.45) is 52.3 Å². The zero-order valence-corrected chi connectivity index (χ0v) is 20.3. The third kappa shape index (κ3) is 3.76. The first-order valence-corrected chi connectivity index (χ1v) is 12.9. The van der Waals surface area contributed by atoms with Crippen LogP contribution in [0.25, 0.3) is 0 Å². The van der Waals surface area contributed by atoms with Gasteiger partial charge in [-0.25, -0.2) is 0 Å². The number of aliphatic hydroxyl groups excluding tert-OH is 3. The van der Waals surface area contributed by atoms with Crippen molar-refractivity contribution in [2.45, 2.75) is 97.4 Å². The Bertz CT molecular complexity index is 736. The Hall–Kier alpha value is -0.910. The van der Waals surface area contributed by atoms with E-state index in [4.69, 9.17) is 5.11 Å². The molecule has 0 spiro atoms. The highest BCUT2D eigenvalue weighted by atomic mass is 16.4. The largest absolute Gasteiger partial charge is 0.481 e. The Morgan fingerprint density at radius 3 is 2.44 bits per heavy atom. The van der Waals surface area contributed by atoms with Gasteiger partial charge in [0.25, 0.3) is 0 Å². The second-order valence-corrected chi connectivity index (χ2v) is 12.3. The molecule has 0 saturated heterocycles. The lowest BCUT2D eigenvalue weighted by Crippen LogP contribution is -2.62. The number of carbonyl (C=O) groups is 1. The van der Waals surface area contributed by atoms with Gasteiger partial charge in [0.1, 0.15) is 0 Å². The summed E-state index contributed by atoms with van der Waals surface area (Å²) in [5.74, 6) is 0.684. The van der Waals surface area contributed by atoms with Crippen molar-refractivity contribution in [1.82, 2.24) is 0 Å². The van der Waals surface area contributed by atoms with Crippen LogP contribution in [0.1, 0.15) is 79.1 Å². The predicted molar refractivity (Wildman–Crippen MR) is 124 cm³/mol. The van der Waals surface area contributed by atoms with Crippen molar-refractivity contribution in [3.63, 3.8) is 0 Å². The van der Waals surface area contributed by atoms with Crippen LogP contribution in [-0.2, 0) is 4.79 Å². The van der Waals surface area contributed by atoms with Crippen LogP contribution in [0.5, 0.6) is 0 Å². The van der Waals surface area contributed by atoms with Gasteiger partial charge in [0.15, 0.2) is 0 Å². The van der Waals surface area contributed by atoms with E-state index in [1.54, 1.807) is 13.0 Å². The Kier molecular flexibility index (Phi) is 6.59. The van der Waals surface area contributed by atoms with E-state index in [2.05, 4.69) is 20.8 Å². The predicted octanol–water partition coefficient (Wildman–Crippen LogP) is 4.25. The molecule has 0 amide bonds. The van der Waals surface area contributed by atoms with E-state index in [0.29, 0.717) is 29.6 Å². The Labute approximate surface area is 193 Å². The van der Waals surface area contributed by atoms with Crippen LogP contribution in [0.15, 0.2) is 12.2 Å². The molecule has 0 radical (unpaired) electrons. The number of hydrogen-bond donors (Lipinski definition) is 4. The number of carboxylic acids is 1. The maximum atomic E-state index is 11.6. The number of allylic oxidation sites excluding steroid dienone is 1. The molecule has 5 nitrogen and oxygen atoms in total. The zero-order valence-electron chi connectivity index (χ0n) is 20.3. The van der Waals surface area contributed by atoms with Gasteiger partial charge >= 0.3 is 5.97 Å². The summed E-state index contributed by atoms with van der Waals surface area (Å²) in [6.07, 6.45) is 9.93. The molecule has 4 aliphatic rings. The summed E-state index contributed by atoms with van der Waals surface area (Å²) in [6, 6.07) is 0. The smallest absolute Gasteiger partial charge is 0.310 e. The molecule has 32 heavy (non-hydrogen) atoms. The maximum absolute atomic E-state index is 11.6. The number of rotatable bonds is 5. The summed E-state index contributed by atoms with van der Waals surface area (Å²) in [5, 5.41) is 42.3. The van der Waals surface area contributed by atoms with Gasteiger partial charge in [0.2, 0.25) is 0 Å². The fourth-order valence-electron chi connectivity index (χ4n) is 8.88. The summed E-state index contributed by atoms with van der Waals surface area (Å²) < 4.78 is 0. The molecule has 0 unspecified atom stereocenters. The fraction of sp³-hybridized carbons (Fsp3) is 0.889. The lowest BCUT2D eigenvalue weighted by molar-refractivity contribution is -0.206. The first kappa shape index (κ1) is 24.2. The van der Waals surface area contributed by atoms with Gasteiger partial charge in [0.05, 0.1) is 24.2 Å². The molecule has 4 aliphatic carbocycles. The normalized spacial score (nSPS) is 50.3. The lowest BCUT2D eigenvalue weighted by atomic mass is 9.43. The van der Waals surface area contributed by atoms with Crippen molar-refractivity contribution < 1.29 is 25.2 Å². The summed E-state index contributed by atoms with van der Waals surface area (Å²) in [6.45, 7) is 8.57. The second kappa shape index (κ2) is 8.70. The minimum absolute atomic E-state index is 0.102. The molecule has 0 aromatic rings. The lowest BCUT2D eigenvalue weighted by Gasteiger charge is -2.63. The van der Waals surface area contributed by atoms with Crippen molar-refractivity contribution in [2.75, 3.05) is 0 Å². The molecule has 4 N–H and O–H groups in total. The standard InChI is InChI=1S/C27H44O5/c1-15(6-5-7-16(2)25(31)32)19-8-9-20-24-21(14-23(30)27(19,20)4)26(3)11-10-18(28)12-17(26)13-22(24)29/h5,7,15-24,28-30H,6,8-14H2,1-4H3,(H,31,32)/t15-,16-,17+,18-,19-,20+,21+,22-,23+,24+,26+,27-/m1/s1. The highest BCUT2D eigenvalue weighted by Crippen LogP contribution is 2.68. The number of fused-ring (bicyclic) bond motifs is 5. The van der Waals surface area contributed by atoms with E-state index in [0.717, 1.165) is 51.4 Å². The average molecular weight is 449 g/mol. The molecular formula is C27H44O5. The quantitative estimate of drug-likeness (QED) is 0.471. The van der Waals surface area contributed by atoms with E-state index in [1.165, 1.54) is 0 Å². The number of aliphatic hydroxyl groups is 3. The topological polar surface area (TPSA) is 98.0 Å². The molecule has 12 atom stereocenters. The number of carboxylic acid groups (broad SMARTS) is 1. The van der Waals surface area contributed by atoms with Gasteiger partial charge < -0.3 is 20.4 Å². The highest BCUT2D eigenvalue weighted by molar-refractivity contribution is 5.71. The van der Waals surface area contributed by atoms with Gasteiger partial charge in [-0.2, -0.15) is 0 Å². The Balaban J connectivity index is 1.54. The first-order valence-electron chi connectivity index (χ1n) is 12.9. The molecule has 0 aromatic heterocycles. The molecule has 4 fully saturated rings. The summed E-state index contributed by atoms with van der Waals surface area (Å²) in [7, 11) is 0. The van der Waals surface area contributed by atoms with Gasteiger partial charge in [-0.1, -0.05) is 32.9 Å². The van der Waals surface area contributed by atoms with Gasteiger partial charge in [0, 0.05) is 0 Å². The van der Waals surface area contributed by atoms with E-state index in [1.807, 2.05) is 6.08 Å². The minimum Gasteiger partial charge on any atom is -0.481 e. The highest BCUT2D eigenvalue weighted by Gasteiger charge is 2.65. The monoisotopic (exact) mass is 448 g/mol. The third-order valence-corrected chi connectivity index (χ3v) is 10.8. The van der Waals surface area contributed by atoms with Gasteiger partial charge in [-0.15, -0.1) is 0 Å². The van der Waals surface area contributed by atoms with Crippen LogP contribution in [-0.4, -0.2) is 44.7 Å². The molecule has 5 heteroatoms. The second-order valence-electron chi connectivity index (χ2n) is 12.3. The number of aliphatic carboxylic acids is 1. The maximum Gasteiger partial charge on any atom is 0.310 e. The summed E-state index contributed by atoms with van der Waals surface area (Å²) >= 11 is 0. The number of hydrogen-bond acceptors (Lipinski definition) is 4. The van der Waals surface area contributed by atoms with Crippen LogP contribution >= 0.6 is 0 Å². The molecule has 4 saturated carbocycles. The van der Waals surface area contributed by atoms with Crippen LogP contribution in [0.4, 0.5) is 0 Å². The molecule has 0 heterocycles. The van der Waals surface area contributed by atoms with Crippen LogP contribution in [0.2, 0.25) is 0 Å². The molecular weight excluding hydrogens is 404 g/mol. The van der Waals surface area contributed by atoms with Gasteiger partial charge in [-0.3, -0.25) is 4.79 Å². The molecule has 182 valence electrons. The van der Waals surface area contributed by atoms with E-state index >= 15 is 0 Å². The Morgan fingerprint density at radius 2 is 1.75 bits per heavy atom. The molecule has 0 aliphatic heterocycles. The summed E-state index contributed by atoms with van der Waals surface area (Å²) in [5.41, 5.74) is -0.101. The Morgan fingerprint density at radius 1 is 1.03 bits per heavy atom. The van der Waals surface area contributed by atoms with Crippen molar-refractivity contribution >= 4 is 5.97 Å². The zero-order chi connectivity index (χ0) is 23.4. The SMILES string of the molecule is C[C@H](C=CC[C@@H](C)[C@H]1CC[C@H]2[C@@H]3[C@H](O)C[C@@H]4C[C@H](O)CC[C@]4(C)[C@H]3C[C@H](O)[C@]12C)C(=O)O. The van der Waals surface area contributed by atoms with Crippen molar-refractivity contribution in [3.8, 4) is 0 Å². The third-order valence-electron chi connectivity index (χ3n) is 10.8. The van der Waals surface area contributed by atoms with Crippen LogP contribution in [0, 0.1) is 52.3 Å². The first-order chi connectivity index (χ1) is 15.0.